The fraction of sp³-hybridized carbons (Fsp3) is 0.385. The van der Waals surface area contributed by atoms with Gasteiger partial charge in [0, 0.05) is 0 Å². The van der Waals surface area contributed by atoms with Crippen LogP contribution in [-0.2, 0) is 4.79 Å². The first-order valence-electron chi connectivity index (χ1n) is 5.46. The third-order valence-corrected chi connectivity index (χ3v) is 2.54. The van der Waals surface area contributed by atoms with Crippen molar-refractivity contribution in [2.24, 2.45) is 5.73 Å². The molecular weight excluding hydrogens is 216 g/mol. The molecule has 0 aliphatic carbocycles. The zero-order chi connectivity index (χ0) is 13.0. The molecule has 2 N–H and O–H groups in total. The summed E-state index contributed by atoms with van der Waals surface area (Å²) in [6, 6.07) is 5.54. The van der Waals surface area contributed by atoms with Crippen molar-refractivity contribution in [3.63, 3.8) is 0 Å². The number of ether oxygens (including phenoxy) is 1. The van der Waals surface area contributed by atoms with E-state index in [-0.39, 0.29) is 0 Å². The number of benzene rings is 1. The second kappa shape index (κ2) is 5.35. The predicted molar refractivity (Wildman–Crippen MR) is 64.5 cm³/mol. The Hall–Kier alpha value is -2.02. The molecule has 1 unspecified atom stereocenters. The largest absolute Gasteiger partial charge is 0.480 e. The van der Waals surface area contributed by atoms with E-state index in [0.29, 0.717) is 17.7 Å². The van der Waals surface area contributed by atoms with Gasteiger partial charge >= 0.3 is 0 Å². The zero-order valence-electron chi connectivity index (χ0n) is 10.3. The van der Waals surface area contributed by atoms with Crippen molar-refractivity contribution in [1.82, 2.24) is 0 Å². The minimum absolute atomic E-state index is 0.476. The molecule has 1 aromatic carbocycles. The van der Waals surface area contributed by atoms with Crippen LogP contribution in [0.25, 0.3) is 0 Å². The highest BCUT2D eigenvalue weighted by atomic mass is 16.5. The molecule has 1 aromatic rings. The van der Waals surface area contributed by atoms with Crippen molar-refractivity contribution < 1.29 is 9.53 Å². The Morgan fingerprint density at radius 1 is 1.47 bits per heavy atom. The summed E-state index contributed by atoms with van der Waals surface area (Å²) < 4.78 is 5.60. The number of nitrogens with zero attached hydrogens (tertiary/aromatic N) is 1. The summed E-state index contributed by atoms with van der Waals surface area (Å²) in [5.74, 6) is 0.158. The molecule has 0 spiro atoms. The number of nitriles is 1. The molecule has 17 heavy (non-hydrogen) atoms. The normalized spacial score (nSPS) is 11.6. The smallest absolute Gasteiger partial charge is 0.258 e. The van der Waals surface area contributed by atoms with Gasteiger partial charge in [0.2, 0.25) is 0 Å². The van der Waals surface area contributed by atoms with Gasteiger partial charge in [-0.1, -0.05) is 6.92 Å². The van der Waals surface area contributed by atoms with Gasteiger partial charge in [0.05, 0.1) is 11.6 Å². The number of carbonyl (C=O) groups is 1. The molecular formula is C13H16N2O2. The van der Waals surface area contributed by atoms with Crippen LogP contribution in [-0.4, -0.2) is 12.0 Å². The molecule has 4 nitrogen and oxygen atoms in total. The number of hydrogen-bond donors (Lipinski definition) is 1. The SMILES string of the molecule is CCC(Oc1c(C)cc(C#N)cc1C)C(N)=O. The van der Waals surface area contributed by atoms with Crippen molar-refractivity contribution >= 4 is 5.91 Å². The lowest BCUT2D eigenvalue weighted by Gasteiger charge is -2.18. The highest BCUT2D eigenvalue weighted by molar-refractivity contribution is 5.79. The number of amides is 1. The molecule has 0 aliphatic rings. The van der Waals surface area contributed by atoms with Gasteiger partial charge < -0.3 is 10.5 Å². The molecule has 0 heterocycles. The van der Waals surface area contributed by atoms with Crippen molar-refractivity contribution in [2.75, 3.05) is 0 Å². The third kappa shape index (κ3) is 2.97. The van der Waals surface area contributed by atoms with Crippen molar-refractivity contribution in [1.29, 1.82) is 5.26 Å². The zero-order valence-corrected chi connectivity index (χ0v) is 10.3. The maximum Gasteiger partial charge on any atom is 0.258 e. The van der Waals surface area contributed by atoms with E-state index in [0.717, 1.165) is 11.1 Å². The van der Waals surface area contributed by atoms with E-state index in [1.165, 1.54) is 0 Å². The summed E-state index contributed by atoms with van der Waals surface area (Å²) in [6.07, 6.45) is -0.103. The van der Waals surface area contributed by atoms with Crippen LogP contribution in [0, 0.1) is 25.2 Å². The standard InChI is InChI=1S/C13H16N2O2/c1-4-11(13(15)16)17-12-8(2)5-10(7-14)6-9(12)3/h5-6,11H,4H2,1-3H3,(H2,15,16). The van der Waals surface area contributed by atoms with Crippen molar-refractivity contribution in [3.8, 4) is 11.8 Å². The fourth-order valence-corrected chi connectivity index (χ4v) is 1.69. The minimum Gasteiger partial charge on any atom is -0.480 e. The van der Waals surface area contributed by atoms with Gasteiger partial charge in [-0.3, -0.25) is 4.79 Å². The van der Waals surface area contributed by atoms with E-state index < -0.39 is 12.0 Å². The quantitative estimate of drug-likeness (QED) is 0.860. The molecule has 0 fully saturated rings. The number of rotatable bonds is 4. The number of carbonyl (C=O) groups excluding carboxylic acids is 1. The van der Waals surface area contributed by atoms with Crippen LogP contribution < -0.4 is 10.5 Å². The molecule has 1 rings (SSSR count). The Morgan fingerprint density at radius 3 is 2.35 bits per heavy atom. The van der Waals surface area contributed by atoms with Gasteiger partial charge in [0.1, 0.15) is 5.75 Å². The van der Waals surface area contributed by atoms with Crippen LogP contribution in [0.2, 0.25) is 0 Å². The lowest BCUT2D eigenvalue weighted by atomic mass is 10.1. The molecule has 0 aliphatic heterocycles. The molecule has 0 bridgehead atoms. The van der Waals surface area contributed by atoms with Crippen LogP contribution in [0.1, 0.15) is 30.0 Å². The molecule has 0 aromatic heterocycles. The lowest BCUT2D eigenvalue weighted by molar-refractivity contribution is -0.124. The van der Waals surface area contributed by atoms with Crippen LogP contribution in [0.3, 0.4) is 0 Å². The van der Waals surface area contributed by atoms with Gasteiger partial charge in [0.15, 0.2) is 6.10 Å². The van der Waals surface area contributed by atoms with E-state index in [1.807, 2.05) is 20.8 Å². The Bertz CT molecular complexity index is 452. The van der Waals surface area contributed by atoms with Gasteiger partial charge in [-0.15, -0.1) is 0 Å². The maximum atomic E-state index is 11.1. The molecule has 1 atom stereocenters. The first-order chi connectivity index (χ1) is 7.99. The highest BCUT2D eigenvalue weighted by Crippen LogP contribution is 2.26. The van der Waals surface area contributed by atoms with E-state index in [9.17, 15) is 4.79 Å². The summed E-state index contributed by atoms with van der Waals surface area (Å²) in [5, 5.41) is 8.83. The third-order valence-electron chi connectivity index (χ3n) is 2.54. The van der Waals surface area contributed by atoms with E-state index in [2.05, 4.69) is 6.07 Å². The number of nitrogens with two attached hydrogens (primary N) is 1. The van der Waals surface area contributed by atoms with E-state index >= 15 is 0 Å². The molecule has 1 amide bonds. The minimum atomic E-state index is -0.625. The number of primary amides is 1. The Labute approximate surface area is 101 Å². The lowest BCUT2D eigenvalue weighted by Crippen LogP contribution is -2.33. The average Bonchev–Trinajstić information content (AvgIpc) is 2.27. The average molecular weight is 232 g/mol. The monoisotopic (exact) mass is 232 g/mol. The van der Waals surface area contributed by atoms with Gasteiger partial charge in [-0.25, -0.2) is 0 Å². The van der Waals surface area contributed by atoms with E-state index in [1.54, 1.807) is 12.1 Å². The fourth-order valence-electron chi connectivity index (χ4n) is 1.69. The molecule has 0 saturated carbocycles. The van der Waals surface area contributed by atoms with Gasteiger partial charge in [-0.05, 0) is 43.5 Å². The Morgan fingerprint density at radius 2 is 2.00 bits per heavy atom. The Kier molecular flexibility index (Phi) is 4.11. The topological polar surface area (TPSA) is 76.1 Å². The number of aryl methyl sites for hydroxylation is 2. The van der Waals surface area contributed by atoms with Crippen LogP contribution in [0.4, 0.5) is 0 Å². The van der Waals surface area contributed by atoms with Gasteiger partial charge in [0.25, 0.3) is 5.91 Å². The Balaban J connectivity index is 3.07. The summed E-state index contributed by atoms with van der Waals surface area (Å²) in [4.78, 5) is 11.1. The summed E-state index contributed by atoms with van der Waals surface area (Å²) >= 11 is 0. The molecule has 0 radical (unpaired) electrons. The first kappa shape index (κ1) is 13.0. The van der Waals surface area contributed by atoms with Crippen LogP contribution >= 0.6 is 0 Å². The second-order valence-electron chi connectivity index (χ2n) is 3.97. The molecule has 0 saturated heterocycles. The summed E-state index contributed by atoms with van der Waals surface area (Å²) in [5.41, 5.74) is 7.49. The maximum absolute atomic E-state index is 11.1. The van der Waals surface area contributed by atoms with Crippen LogP contribution in [0.5, 0.6) is 5.75 Å². The predicted octanol–water partition coefficient (Wildman–Crippen LogP) is 1.82. The first-order valence-corrected chi connectivity index (χ1v) is 5.46. The van der Waals surface area contributed by atoms with Gasteiger partial charge in [-0.2, -0.15) is 5.26 Å². The second-order valence-corrected chi connectivity index (χ2v) is 3.97. The van der Waals surface area contributed by atoms with E-state index in [4.69, 9.17) is 15.7 Å². The van der Waals surface area contributed by atoms with Crippen molar-refractivity contribution in [2.45, 2.75) is 33.3 Å². The molecule has 4 heteroatoms. The number of hydrogen-bond acceptors (Lipinski definition) is 3. The van der Waals surface area contributed by atoms with Crippen LogP contribution in [0.15, 0.2) is 12.1 Å². The summed E-state index contributed by atoms with van der Waals surface area (Å²) in [6.45, 7) is 5.53. The highest BCUT2D eigenvalue weighted by Gasteiger charge is 2.17. The summed E-state index contributed by atoms with van der Waals surface area (Å²) in [7, 11) is 0. The van der Waals surface area contributed by atoms with Crippen molar-refractivity contribution in [3.05, 3.63) is 28.8 Å². The molecule has 90 valence electrons.